The molecule has 0 aliphatic carbocycles. The van der Waals surface area contributed by atoms with Crippen molar-refractivity contribution >= 4 is 38.7 Å². The Balaban J connectivity index is 2.62. The Morgan fingerprint density at radius 2 is 1.90 bits per heavy atom. The molecule has 0 unspecified atom stereocenters. The van der Waals surface area contributed by atoms with Gasteiger partial charge in [0.1, 0.15) is 11.3 Å². The first-order chi connectivity index (χ1) is 9.14. The third-order valence-corrected chi connectivity index (χ3v) is 3.89. The third-order valence-electron chi connectivity index (χ3n) is 3.22. The number of alkyl halides is 1. The summed E-state index contributed by atoms with van der Waals surface area (Å²) in [5, 5.41) is 0. The van der Waals surface area contributed by atoms with E-state index >= 15 is 0 Å². The Hall–Kier alpha value is -0.610. The summed E-state index contributed by atoms with van der Waals surface area (Å²) in [5.74, 6) is 1.27. The number of pyridine rings is 1. The van der Waals surface area contributed by atoms with Gasteiger partial charge in [0, 0.05) is 16.2 Å². The molecule has 110 valence electrons. The van der Waals surface area contributed by atoms with Gasteiger partial charge in [0.05, 0.1) is 5.88 Å². The van der Waals surface area contributed by atoms with Gasteiger partial charge in [-0.1, -0.05) is 20.8 Å². The molecule has 0 spiro atoms. The number of hydrogen-bond donors (Lipinski definition) is 0. The van der Waals surface area contributed by atoms with Crippen LogP contribution in [0, 0.1) is 5.41 Å². The first kappa shape index (κ1) is 15.8. The van der Waals surface area contributed by atoms with Gasteiger partial charge in [-0.25, -0.2) is 9.97 Å². The van der Waals surface area contributed by atoms with Gasteiger partial charge < -0.3 is 4.57 Å². The van der Waals surface area contributed by atoms with Crippen LogP contribution in [0.5, 0.6) is 0 Å². The van der Waals surface area contributed by atoms with E-state index in [4.69, 9.17) is 11.6 Å². The number of aromatic nitrogens is 3. The molecule has 0 aromatic carbocycles. The maximum Gasteiger partial charge on any atom is 0.160 e. The zero-order valence-corrected chi connectivity index (χ0v) is 15.0. The van der Waals surface area contributed by atoms with E-state index in [9.17, 15) is 0 Å². The minimum Gasteiger partial charge on any atom is -0.306 e. The minimum atomic E-state index is -0.0853. The monoisotopic (exact) mass is 357 g/mol. The van der Waals surface area contributed by atoms with Crippen LogP contribution in [0.3, 0.4) is 0 Å². The van der Waals surface area contributed by atoms with Crippen LogP contribution in [-0.2, 0) is 11.4 Å². The SMILES string of the molecule is CC(C)(C)CC(C)(C)n1c(CCl)nc2cc(Br)cnc21. The Kier molecular flexibility index (Phi) is 4.18. The van der Waals surface area contributed by atoms with E-state index in [1.807, 2.05) is 12.3 Å². The Bertz CT molecular complexity index is 626. The fourth-order valence-electron chi connectivity index (χ4n) is 3.09. The standard InChI is InChI=1S/C15H21BrClN3/c1-14(2,3)9-15(4,5)20-12(7-17)19-11-6-10(16)8-18-13(11)20/h6,8H,7,9H2,1-5H3. The van der Waals surface area contributed by atoms with Crippen molar-refractivity contribution in [3.05, 3.63) is 22.6 Å². The molecule has 3 nitrogen and oxygen atoms in total. The van der Waals surface area contributed by atoms with E-state index in [2.05, 4.69) is 65.1 Å². The smallest absolute Gasteiger partial charge is 0.160 e. The topological polar surface area (TPSA) is 30.7 Å². The van der Waals surface area contributed by atoms with Crippen molar-refractivity contribution in [1.82, 2.24) is 14.5 Å². The second-order valence-corrected chi connectivity index (χ2v) is 8.23. The lowest BCUT2D eigenvalue weighted by atomic mass is 9.81. The molecule has 0 fully saturated rings. The fraction of sp³-hybridized carbons (Fsp3) is 0.600. The van der Waals surface area contributed by atoms with E-state index in [0.717, 1.165) is 27.9 Å². The normalized spacial score (nSPS) is 13.2. The molecule has 2 aromatic rings. The lowest BCUT2D eigenvalue weighted by Gasteiger charge is -2.35. The quantitative estimate of drug-likeness (QED) is 0.714. The van der Waals surface area contributed by atoms with Crippen LogP contribution in [0.4, 0.5) is 0 Å². The Morgan fingerprint density at radius 3 is 2.45 bits per heavy atom. The average Bonchev–Trinajstić information content (AvgIpc) is 2.63. The number of hydrogen-bond acceptors (Lipinski definition) is 2. The summed E-state index contributed by atoms with van der Waals surface area (Å²) in [6.45, 7) is 11.2. The number of nitrogens with zero attached hydrogens (tertiary/aromatic N) is 3. The zero-order valence-electron chi connectivity index (χ0n) is 12.7. The average molecular weight is 359 g/mol. The molecule has 0 saturated heterocycles. The number of halogens is 2. The maximum absolute atomic E-state index is 6.10. The van der Waals surface area contributed by atoms with Crippen molar-refractivity contribution in [1.29, 1.82) is 0 Å². The lowest BCUT2D eigenvalue weighted by Crippen LogP contribution is -2.32. The van der Waals surface area contributed by atoms with Crippen LogP contribution in [0.15, 0.2) is 16.7 Å². The van der Waals surface area contributed by atoms with Gasteiger partial charge in [-0.05, 0) is 47.7 Å². The predicted octanol–water partition coefficient (Wildman–Crippen LogP) is 5.10. The summed E-state index contributed by atoms with van der Waals surface area (Å²) in [6, 6.07) is 1.99. The summed E-state index contributed by atoms with van der Waals surface area (Å²) < 4.78 is 3.12. The van der Waals surface area contributed by atoms with Gasteiger partial charge in [0.2, 0.25) is 0 Å². The lowest BCUT2D eigenvalue weighted by molar-refractivity contribution is 0.215. The van der Waals surface area contributed by atoms with Crippen LogP contribution >= 0.6 is 27.5 Å². The van der Waals surface area contributed by atoms with Crippen molar-refractivity contribution < 1.29 is 0 Å². The van der Waals surface area contributed by atoms with Crippen molar-refractivity contribution in [3.8, 4) is 0 Å². The van der Waals surface area contributed by atoms with Crippen LogP contribution in [0.1, 0.15) is 46.9 Å². The van der Waals surface area contributed by atoms with Crippen molar-refractivity contribution in [3.63, 3.8) is 0 Å². The second kappa shape index (κ2) is 5.30. The van der Waals surface area contributed by atoms with E-state index in [1.165, 1.54) is 0 Å². The molecule has 0 atom stereocenters. The largest absolute Gasteiger partial charge is 0.306 e. The highest BCUT2D eigenvalue weighted by molar-refractivity contribution is 9.10. The highest BCUT2D eigenvalue weighted by Gasteiger charge is 2.31. The van der Waals surface area contributed by atoms with Crippen LogP contribution in [0.25, 0.3) is 11.2 Å². The van der Waals surface area contributed by atoms with E-state index in [-0.39, 0.29) is 11.0 Å². The summed E-state index contributed by atoms with van der Waals surface area (Å²) in [4.78, 5) is 9.17. The molecule has 0 aliphatic heterocycles. The van der Waals surface area contributed by atoms with Crippen molar-refractivity contribution in [2.45, 2.75) is 52.5 Å². The predicted molar refractivity (Wildman–Crippen MR) is 88.2 cm³/mol. The molecule has 5 heteroatoms. The van der Waals surface area contributed by atoms with Crippen LogP contribution < -0.4 is 0 Å². The summed E-state index contributed by atoms with van der Waals surface area (Å²) in [6.07, 6.45) is 2.83. The summed E-state index contributed by atoms with van der Waals surface area (Å²) in [7, 11) is 0. The highest BCUT2D eigenvalue weighted by Crippen LogP contribution is 2.35. The third kappa shape index (κ3) is 3.17. The number of rotatable bonds is 3. The van der Waals surface area contributed by atoms with Gasteiger partial charge >= 0.3 is 0 Å². The molecule has 0 saturated carbocycles. The van der Waals surface area contributed by atoms with Crippen LogP contribution in [-0.4, -0.2) is 14.5 Å². The van der Waals surface area contributed by atoms with E-state index in [1.54, 1.807) is 0 Å². The molecule has 0 amide bonds. The Morgan fingerprint density at radius 1 is 1.25 bits per heavy atom. The van der Waals surface area contributed by atoms with E-state index < -0.39 is 0 Å². The molecule has 2 rings (SSSR count). The number of imidazole rings is 1. The second-order valence-electron chi connectivity index (χ2n) is 7.04. The maximum atomic E-state index is 6.10. The van der Waals surface area contributed by atoms with Crippen LogP contribution in [0.2, 0.25) is 0 Å². The fourth-order valence-corrected chi connectivity index (χ4v) is 3.59. The molecule has 0 bridgehead atoms. The van der Waals surface area contributed by atoms with Crippen molar-refractivity contribution in [2.24, 2.45) is 5.41 Å². The first-order valence-corrected chi connectivity index (χ1v) is 8.06. The number of fused-ring (bicyclic) bond motifs is 1. The van der Waals surface area contributed by atoms with Gasteiger partial charge in [0.15, 0.2) is 5.65 Å². The van der Waals surface area contributed by atoms with Gasteiger partial charge in [-0.2, -0.15) is 0 Å². The zero-order chi connectivity index (χ0) is 15.1. The van der Waals surface area contributed by atoms with Crippen molar-refractivity contribution in [2.75, 3.05) is 0 Å². The molecular formula is C15H21BrClN3. The molecule has 20 heavy (non-hydrogen) atoms. The first-order valence-electron chi connectivity index (χ1n) is 6.73. The molecule has 2 aromatic heterocycles. The molecule has 0 aliphatic rings. The molecule has 2 heterocycles. The van der Waals surface area contributed by atoms with Gasteiger partial charge in [-0.3, -0.25) is 0 Å². The highest BCUT2D eigenvalue weighted by atomic mass is 79.9. The summed E-state index contributed by atoms with van der Waals surface area (Å²) in [5.41, 5.74) is 1.92. The summed E-state index contributed by atoms with van der Waals surface area (Å²) >= 11 is 9.54. The molecular weight excluding hydrogens is 338 g/mol. The Labute approximate surface area is 133 Å². The van der Waals surface area contributed by atoms with Gasteiger partial charge in [0.25, 0.3) is 0 Å². The molecule has 0 radical (unpaired) electrons. The van der Waals surface area contributed by atoms with Gasteiger partial charge in [-0.15, -0.1) is 11.6 Å². The molecule has 0 N–H and O–H groups in total. The minimum absolute atomic E-state index is 0.0853. The van der Waals surface area contributed by atoms with E-state index in [0.29, 0.717) is 5.88 Å².